The number of nitrogens with zero attached hydrogens (tertiary/aromatic N) is 4. The van der Waals surface area contributed by atoms with Gasteiger partial charge in [0.2, 0.25) is 18.2 Å². The summed E-state index contributed by atoms with van der Waals surface area (Å²) in [5, 5.41) is 40.5. The molecule has 2 amide bonds. The summed E-state index contributed by atoms with van der Waals surface area (Å²) in [5.41, 5.74) is 0. The number of aliphatic hydroxyl groups is 4. The number of fused-ring (bicyclic) bond motifs is 6. The predicted molar refractivity (Wildman–Crippen MR) is 145 cm³/mol. The molecule has 7 rings (SSSR count). The van der Waals surface area contributed by atoms with Crippen LogP contribution in [0.1, 0.15) is 51.4 Å². The highest BCUT2D eigenvalue weighted by Crippen LogP contribution is 2.57. The van der Waals surface area contributed by atoms with E-state index in [1.807, 2.05) is 12.1 Å². The van der Waals surface area contributed by atoms with Gasteiger partial charge in [-0.2, -0.15) is 4.37 Å². The molecule has 1 aromatic heterocycles. The molecule has 2 saturated heterocycles. The summed E-state index contributed by atoms with van der Waals surface area (Å²) in [6, 6.07) is 8.20. The molecule has 3 saturated carbocycles. The molecule has 2 aromatic rings. The second kappa shape index (κ2) is 10.7. The number of anilines is 1. The highest BCUT2D eigenvalue weighted by atomic mass is 32.1. The van der Waals surface area contributed by atoms with Crippen molar-refractivity contribution in [1.82, 2.24) is 14.2 Å². The molecule has 3 heterocycles. The molecule has 11 heteroatoms. The van der Waals surface area contributed by atoms with Crippen molar-refractivity contribution in [3.63, 3.8) is 0 Å². The molecule has 39 heavy (non-hydrogen) atoms. The minimum Gasteiger partial charge on any atom is -0.356 e. The Morgan fingerprint density at radius 2 is 1.49 bits per heavy atom. The fraction of sp³-hybridized carbons (Fsp3) is 0.679. The summed E-state index contributed by atoms with van der Waals surface area (Å²) < 4.78 is 5.70. The van der Waals surface area contributed by atoms with Gasteiger partial charge in [-0.25, -0.2) is 4.90 Å². The zero-order valence-electron chi connectivity index (χ0n) is 22.1. The van der Waals surface area contributed by atoms with Gasteiger partial charge in [0.05, 0.1) is 16.5 Å². The molecular weight excluding hydrogens is 520 g/mol. The van der Waals surface area contributed by atoms with Crippen LogP contribution in [0.2, 0.25) is 0 Å². The number of rotatable bonds is 4. The number of benzene rings is 1. The molecule has 4 N–H and O–H groups in total. The van der Waals surface area contributed by atoms with Gasteiger partial charge >= 0.3 is 0 Å². The summed E-state index contributed by atoms with van der Waals surface area (Å²) >= 11 is 1.51. The van der Waals surface area contributed by atoms with Crippen molar-refractivity contribution in [3.8, 4) is 0 Å². The van der Waals surface area contributed by atoms with Gasteiger partial charge in [0, 0.05) is 37.5 Å². The van der Waals surface area contributed by atoms with E-state index >= 15 is 0 Å². The Kier molecular flexibility index (Phi) is 7.41. The Labute approximate surface area is 232 Å². The maximum Gasteiger partial charge on any atom is 0.258 e. The largest absolute Gasteiger partial charge is 0.356 e. The van der Waals surface area contributed by atoms with Crippen LogP contribution in [0.4, 0.5) is 5.82 Å². The average Bonchev–Trinajstić information content (AvgIpc) is 3.72. The highest BCUT2D eigenvalue weighted by Gasteiger charge is 2.65. The highest BCUT2D eigenvalue weighted by molar-refractivity contribution is 7.13. The predicted octanol–water partition coefficient (Wildman–Crippen LogP) is 1.92. The summed E-state index contributed by atoms with van der Waals surface area (Å²) in [4.78, 5) is 30.0. The summed E-state index contributed by atoms with van der Waals surface area (Å²) in [7, 11) is 0. The number of hydrogen-bond donors (Lipinski definition) is 4. The maximum absolute atomic E-state index is 12.7. The second-order valence-electron chi connectivity index (χ2n) is 11.8. The molecule has 212 valence electrons. The molecular formula is C28H38N4O6S. The lowest BCUT2D eigenvalue weighted by atomic mass is 9.81. The van der Waals surface area contributed by atoms with Gasteiger partial charge in [0.1, 0.15) is 5.82 Å². The van der Waals surface area contributed by atoms with Crippen molar-refractivity contribution in [2.75, 3.05) is 31.1 Å². The van der Waals surface area contributed by atoms with Crippen LogP contribution in [0, 0.1) is 29.6 Å². The smallest absolute Gasteiger partial charge is 0.258 e. The number of carbonyl (C=O) groups excluding carboxylic acids is 2. The van der Waals surface area contributed by atoms with Crippen molar-refractivity contribution in [3.05, 3.63) is 24.3 Å². The number of likely N-dealkylation sites (tertiary alicyclic amines) is 1. The van der Waals surface area contributed by atoms with E-state index in [9.17, 15) is 19.8 Å². The minimum absolute atomic E-state index is 0.279. The Bertz CT molecular complexity index is 1180. The van der Waals surface area contributed by atoms with Crippen molar-refractivity contribution >= 4 is 39.3 Å². The van der Waals surface area contributed by atoms with Crippen molar-refractivity contribution < 1.29 is 30.0 Å². The average molecular weight is 559 g/mol. The van der Waals surface area contributed by atoms with Crippen molar-refractivity contribution in [2.24, 2.45) is 29.6 Å². The van der Waals surface area contributed by atoms with E-state index in [-0.39, 0.29) is 35.5 Å². The molecule has 5 fully saturated rings. The van der Waals surface area contributed by atoms with Crippen LogP contribution in [0.5, 0.6) is 0 Å². The standard InChI is InChI=1S/C16H23NO4.C12H15N3O2S/c18-14-12-9-6-7-10(8-9)13(12)15(19)17(14)16(20,21)11-4-2-1-3-5-11;16-12(17)15-7-5-14(6-8-15)11-9-3-1-2-4-10(9)18-13-11/h9-13,20-21H,1-8H2;1-4,12,16-17H,5-8H2. The molecule has 0 radical (unpaired) electrons. The van der Waals surface area contributed by atoms with E-state index in [2.05, 4.69) is 21.4 Å². The van der Waals surface area contributed by atoms with Gasteiger partial charge in [-0.15, -0.1) is 0 Å². The van der Waals surface area contributed by atoms with Crippen molar-refractivity contribution in [1.29, 1.82) is 0 Å². The van der Waals surface area contributed by atoms with Crippen LogP contribution in [-0.4, -0.2) is 84.9 Å². The first-order chi connectivity index (χ1) is 18.8. The molecule has 3 aliphatic carbocycles. The molecule has 4 atom stereocenters. The van der Waals surface area contributed by atoms with Gasteiger partial charge in [0.15, 0.2) is 0 Å². The first-order valence-electron chi connectivity index (χ1n) is 14.3. The molecule has 4 unspecified atom stereocenters. The first kappa shape index (κ1) is 27.0. The van der Waals surface area contributed by atoms with E-state index in [1.165, 1.54) is 21.6 Å². The van der Waals surface area contributed by atoms with E-state index in [0.29, 0.717) is 25.9 Å². The number of hydrogen-bond acceptors (Lipinski definition) is 10. The number of imide groups is 1. The minimum atomic E-state index is -2.28. The topological polar surface area (TPSA) is 138 Å². The first-order valence-corrected chi connectivity index (χ1v) is 15.1. The third-order valence-corrected chi connectivity index (χ3v) is 10.5. The van der Waals surface area contributed by atoms with Crippen LogP contribution in [0.3, 0.4) is 0 Å². The normalized spacial score (nSPS) is 29.9. The third kappa shape index (κ3) is 4.76. The number of aromatic nitrogens is 1. The summed E-state index contributed by atoms with van der Waals surface area (Å²) in [6.45, 7) is 2.82. The van der Waals surface area contributed by atoms with Crippen LogP contribution < -0.4 is 4.90 Å². The fourth-order valence-electron chi connectivity index (χ4n) is 7.67. The number of piperazine rings is 1. The van der Waals surface area contributed by atoms with Gasteiger partial charge in [-0.3, -0.25) is 14.5 Å². The Hall–Kier alpha value is -2.15. The van der Waals surface area contributed by atoms with Crippen molar-refractivity contribution in [2.45, 2.75) is 63.7 Å². The van der Waals surface area contributed by atoms with E-state index in [0.717, 1.165) is 62.3 Å². The van der Waals surface area contributed by atoms with Gasteiger partial charge in [-0.05, 0) is 67.6 Å². The van der Waals surface area contributed by atoms with E-state index in [4.69, 9.17) is 10.2 Å². The van der Waals surface area contributed by atoms with Crippen LogP contribution in [0.25, 0.3) is 10.1 Å². The van der Waals surface area contributed by atoms with Crippen LogP contribution in [-0.2, 0) is 9.59 Å². The number of aliphatic hydroxyl groups excluding tert-OH is 1. The quantitative estimate of drug-likeness (QED) is 0.328. The van der Waals surface area contributed by atoms with Crippen LogP contribution >= 0.6 is 11.5 Å². The summed E-state index contributed by atoms with van der Waals surface area (Å²) in [5.74, 6) is -2.30. The van der Waals surface area contributed by atoms with E-state index < -0.39 is 18.2 Å². The molecule has 1 aromatic carbocycles. The number of carbonyl (C=O) groups is 2. The van der Waals surface area contributed by atoms with Crippen LogP contribution in [0.15, 0.2) is 24.3 Å². The molecule has 2 aliphatic heterocycles. The van der Waals surface area contributed by atoms with Gasteiger partial charge < -0.3 is 25.3 Å². The second-order valence-corrected chi connectivity index (χ2v) is 12.6. The Morgan fingerprint density at radius 3 is 2.10 bits per heavy atom. The maximum atomic E-state index is 12.7. The zero-order valence-corrected chi connectivity index (χ0v) is 22.9. The Balaban J connectivity index is 0.000000144. The lowest BCUT2D eigenvalue weighted by molar-refractivity contribution is -0.281. The SMILES string of the molecule is O=C1C2C3CCC(C3)C2C(=O)N1C(O)(O)C1CCCCC1.OC(O)N1CCN(c2nsc3ccccc23)CC1. The van der Waals surface area contributed by atoms with E-state index in [1.54, 1.807) is 4.90 Å². The lowest BCUT2D eigenvalue weighted by Crippen LogP contribution is -2.57. The zero-order chi connectivity index (χ0) is 27.3. The van der Waals surface area contributed by atoms with Gasteiger partial charge in [0.25, 0.3) is 5.91 Å². The molecule has 10 nitrogen and oxygen atoms in total. The summed E-state index contributed by atoms with van der Waals surface area (Å²) in [6.07, 6.45) is 5.93. The van der Waals surface area contributed by atoms with Gasteiger partial charge in [-0.1, -0.05) is 31.4 Å². The monoisotopic (exact) mass is 558 g/mol. The molecule has 0 spiro atoms. The Morgan fingerprint density at radius 1 is 0.872 bits per heavy atom. The molecule has 5 aliphatic rings. The lowest BCUT2D eigenvalue weighted by Gasteiger charge is -2.39. The third-order valence-electron chi connectivity index (χ3n) is 9.71. The molecule has 2 bridgehead atoms. The fourth-order valence-corrected chi connectivity index (χ4v) is 8.47. The number of amides is 2.